The van der Waals surface area contributed by atoms with Gasteiger partial charge in [0.05, 0.1) is 5.57 Å². The van der Waals surface area contributed by atoms with Gasteiger partial charge in [0.25, 0.3) is 0 Å². The second kappa shape index (κ2) is 2.96. The molecule has 0 spiro atoms. The van der Waals surface area contributed by atoms with Gasteiger partial charge in [0.2, 0.25) is 0 Å². The van der Waals surface area contributed by atoms with Gasteiger partial charge < -0.3 is 0 Å². The molecule has 0 radical (unpaired) electrons. The Labute approximate surface area is 69.8 Å². The maximum absolute atomic E-state index is 12.2. The SMILES string of the molecule is CC1=CC(C(F)(F)F)=CC(C)C1. The molecular weight excluding hydrogens is 165 g/mol. The minimum absolute atomic E-state index is 0.00613. The lowest BCUT2D eigenvalue weighted by Gasteiger charge is -2.17. The van der Waals surface area contributed by atoms with E-state index in [1.54, 1.807) is 13.8 Å². The summed E-state index contributed by atoms with van der Waals surface area (Å²) in [6.45, 7) is 3.53. The Morgan fingerprint density at radius 1 is 1.42 bits per heavy atom. The van der Waals surface area contributed by atoms with Crippen LogP contribution >= 0.6 is 0 Å². The average Bonchev–Trinajstić information content (AvgIpc) is 1.82. The first kappa shape index (κ1) is 9.36. The highest BCUT2D eigenvalue weighted by Crippen LogP contribution is 2.33. The fraction of sp³-hybridized carbons (Fsp3) is 0.556. The van der Waals surface area contributed by atoms with Crippen molar-refractivity contribution in [3.05, 3.63) is 23.3 Å². The predicted octanol–water partition coefficient (Wildman–Crippen LogP) is 3.46. The molecule has 12 heavy (non-hydrogen) atoms. The molecule has 1 atom stereocenters. The predicted molar refractivity (Wildman–Crippen MR) is 41.7 cm³/mol. The lowest BCUT2D eigenvalue weighted by Crippen LogP contribution is -2.14. The molecular formula is C9H11F3. The molecule has 1 aliphatic rings. The topological polar surface area (TPSA) is 0 Å². The first-order valence-electron chi connectivity index (χ1n) is 3.86. The lowest BCUT2D eigenvalue weighted by atomic mass is 9.92. The first-order chi connectivity index (χ1) is 5.39. The van der Waals surface area contributed by atoms with Gasteiger partial charge in [-0.2, -0.15) is 13.2 Å². The van der Waals surface area contributed by atoms with Gasteiger partial charge in [0, 0.05) is 0 Å². The summed E-state index contributed by atoms with van der Waals surface area (Å²) in [6.07, 6.45) is -0.942. The van der Waals surface area contributed by atoms with E-state index in [1.807, 2.05) is 0 Å². The second-order valence-electron chi connectivity index (χ2n) is 3.29. The van der Waals surface area contributed by atoms with Gasteiger partial charge >= 0.3 is 6.18 Å². The molecule has 0 saturated heterocycles. The van der Waals surface area contributed by atoms with Crippen LogP contribution in [0.4, 0.5) is 13.2 Å². The molecule has 0 aliphatic heterocycles. The molecule has 1 rings (SSSR count). The summed E-state index contributed by atoms with van der Waals surface area (Å²) in [4.78, 5) is 0. The Balaban J connectivity index is 2.91. The summed E-state index contributed by atoms with van der Waals surface area (Å²) in [5.41, 5.74) is 0.302. The molecule has 0 N–H and O–H groups in total. The number of alkyl halides is 3. The quantitative estimate of drug-likeness (QED) is 0.530. The molecule has 0 nitrogen and oxygen atoms in total. The zero-order valence-corrected chi connectivity index (χ0v) is 7.07. The number of hydrogen-bond acceptors (Lipinski definition) is 0. The molecule has 1 aliphatic carbocycles. The maximum Gasteiger partial charge on any atom is 0.416 e. The summed E-state index contributed by atoms with van der Waals surface area (Å²) >= 11 is 0. The van der Waals surface area contributed by atoms with Crippen molar-refractivity contribution in [1.29, 1.82) is 0 Å². The zero-order chi connectivity index (χ0) is 9.35. The van der Waals surface area contributed by atoms with Crippen molar-refractivity contribution < 1.29 is 13.2 Å². The first-order valence-corrected chi connectivity index (χ1v) is 3.86. The minimum Gasteiger partial charge on any atom is -0.166 e. The summed E-state index contributed by atoms with van der Waals surface area (Å²) in [7, 11) is 0. The van der Waals surface area contributed by atoms with Crippen molar-refractivity contribution >= 4 is 0 Å². The van der Waals surface area contributed by atoms with Crippen LogP contribution in [0.3, 0.4) is 0 Å². The molecule has 1 unspecified atom stereocenters. The van der Waals surface area contributed by atoms with Gasteiger partial charge in [-0.15, -0.1) is 0 Å². The Morgan fingerprint density at radius 3 is 2.42 bits per heavy atom. The van der Waals surface area contributed by atoms with Crippen molar-refractivity contribution in [2.75, 3.05) is 0 Å². The summed E-state index contributed by atoms with van der Waals surface area (Å²) in [5, 5.41) is 0. The number of halogens is 3. The highest BCUT2D eigenvalue weighted by molar-refractivity contribution is 5.31. The van der Waals surface area contributed by atoms with E-state index < -0.39 is 11.7 Å². The van der Waals surface area contributed by atoms with Crippen LogP contribution in [0.1, 0.15) is 20.3 Å². The van der Waals surface area contributed by atoms with Crippen LogP contribution in [-0.2, 0) is 0 Å². The van der Waals surface area contributed by atoms with E-state index >= 15 is 0 Å². The number of allylic oxidation sites excluding steroid dienone is 4. The molecule has 68 valence electrons. The van der Waals surface area contributed by atoms with E-state index in [0.717, 1.165) is 12.0 Å². The van der Waals surface area contributed by atoms with Crippen molar-refractivity contribution in [3.8, 4) is 0 Å². The van der Waals surface area contributed by atoms with Crippen LogP contribution in [-0.4, -0.2) is 6.18 Å². The van der Waals surface area contributed by atoms with E-state index in [2.05, 4.69) is 0 Å². The average molecular weight is 176 g/mol. The minimum atomic E-state index is -4.18. The van der Waals surface area contributed by atoms with Gasteiger partial charge in [-0.25, -0.2) is 0 Å². The third-order valence-corrected chi connectivity index (χ3v) is 1.84. The molecule has 0 fully saturated rings. The van der Waals surface area contributed by atoms with Crippen LogP contribution in [0.25, 0.3) is 0 Å². The molecule has 0 bridgehead atoms. The molecule has 0 aromatic rings. The van der Waals surface area contributed by atoms with E-state index in [9.17, 15) is 13.2 Å². The number of rotatable bonds is 0. The Hall–Kier alpha value is -0.730. The largest absolute Gasteiger partial charge is 0.416 e. The molecule has 0 heterocycles. The van der Waals surface area contributed by atoms with Gasteiger partial charge in [-0.05, 0) is 19.3 Å². The third-order valence-electron chi connectivity index (χ3n) is 1.84. The fourth-order valence-electron chi connectivity index (χ4n) is 1.42. The van der Waals surface area contributed by atoms with Gasteiger partial charge in [0.1, 0.15) is 0 Å². The summed E-state index contributed by atoms with van der Waals surface area (Å²) in [5.74, 6) is 0.00613. The van der Waals surface area contributed by atoms with Crippen molar-refractivity contribution in [2.45, 2.75) is 26.4 Å². The standard InChI is InChI=1S/C9H11F3/c1-6-3-7(2)5-8(4-6)9(10,11)12/h4-6H,3H2,1-2H3. The Kier molecular flexibility index (Phi) is 2.31. The van der Waals surface area contributed by atoms with Gasteiger partial charge in [-0.3, -0.25) is 0 Å². The van der Waals surface area contributed by atoms with Gasteiger partial charge in [-0.1, -0.05) is 24.6 Å². The smallest absolute Gasteiger partial charge is 0.166 e. The molecule has 0 aromatic carbocycles. The Bertz CT molecular complexity index is 233. The summed E-state index contributed by atoms with van der Waals surface area (Å²) < 4.78 is 36.5. The fourth-order valence-corrected chi connectivity index (χ4v) is 1.42. The van der Waals surface area contributed by atoms with E-state index in [4.69, 9.17) is 0 Å². The lowest BCUT2D eigenvalue weighted by molar-refractivity contribution is -0.0889. The monoisotopic (exact) mass is 176 g/mol. The van der Waals surface area contributed by atoms with Crippen molar-refractivity contribution in [1.82, 2.24) is 0 Å². The van der Waals surface area contributed by atoms with Crippen molar-refractivity contribution in [3.63, 3.8) is 0 Å². The number of hydrogen-bond donors (Lipinski definition) is 0. The zero-order valence-electron chi connectivity index (χ0n) is 7.07. The highest BCUT2D eigenvalue weighted by Gasteiger charge is 2.33. The summed E-state index contributed by atoms with van der Waals surface area (Å²) in [6, 6.07) is 0. The van der Waals surface area contributed by atoms with Crippen LogP contribution in [0.15, 0.2) is 23.3 Å². The van der Waals surface area contributed by atoms with Crippen LogP contribution < -0.4 is 0 Å². The Morgan fingerprint density at radius 2 is 2.00 bits per heavy atom. The molecule has 0 saturated carbocycles. The van der Waals surface area contributed by atoms with E-state index in [0.29, 0.717) is 0 Å². The van der Waals surface area contributed by atoms with Crippen LogP contribution in [0.2, 0.25) is 0 Å². The third kappa shape index (κ3) is 2.13. The van der Waals surface area contributed by atoms with E-state index in [1.165, 1.54) is 12.2 Å². The maximum atomic E-state index is 12.2. The second-order valence-corrected chi connectivity index (χ2v) is 3.29. The normalized spacial score (nSPS) is 24.9. The molecule has 3 heteroatoms. The van der Waals surface area contributed by atoms with Crippen molar-refractivity contribution in [2.24, 2.45) is 5.92 Å². The van der Waals surface area contributed by atoms with Crippen LogP contribution in [0, 0.1) is 5.92 Å². The molecule has 0 aromatic heterocycles. The highest BCUT2D eigenvalue weighted by atomic mass is 19.4. The molecule has 0 amide bonds. The van der Waals surface area contributed by atoms with Gasteiger partial charge in [0.15, 0.2) is 0 Å². The van der Waals surface area contributed by atoms with Crippen LogP contribution in [0.5, 0.6) is 0 Å². The van der Waals surface area contributed by atoms with E-state index in [-0.39, 0.29) is 5.92 Å².